The van der Waals surface area contributed by atoms with Gasteiger partial charge in [-0.3, -0.25) is 14.9 Å². The first kappa shape index (κ1) is 28.5. The van der Waals surface area contributed by atoms with Crippen LogP contribution in [-0.4, -0.2) is 59.6 Å². The molecule has 4 N–H and O–H groups in total. The molecule has 0 bridgehead atoms. The fourth-order valence-electron chi connectivity index (χ4n) is 5.11. The maximum atomic E-state index is 13.0. The lowest BCUT2D eigenvalue weighted by atomic mass is 10.0. The fraction of sp³-hybridized carbons (Fsp3) is 0.323. The van der Waals surface area contributed by atoms with Gasteiger partial charge in [-0.2, -0.15) is 0 Å². The van der Waals surface area contributed by atoms with Crippen LogP contribution in [0, 0.1) is 0 Å². The molecule has 2 saturated heterocycles. The third-order valence-electron chi connectivity index (χ3n) is 7.65. The van der Waals surface area contributed by atoms with Gasteiger partial charge >= 0.3 is 0 Å². The number of methoxy groups -OCH3 is 1. The van der Waals surface area contributed by atoms with Crippen LogP contribution >= 0.6 is 22.7 Å². The highest BCUT2D eigenvalue weighted by Crippen LogP contribution is 2.36. The van der Waals surface area contributed by atoms with Crippen molar-refractivity contribution in [1.82, 2.24) is 20.5 Å². The zero-order chi connectivity index (χ0) is 29.1. The Balaban J connectivity index is 0.980. The van der Waals surface area contributed by atoms with E-state index in [1.165, 1.54) is 11.3 Å². The molecule has 9 nitrogen and oxygen atoms in total. The van der Waals surface area contributed by atoms with Crippen molar-refractivity contribution in [3.05, 3.63) is 87.9 Å². The van der Waals surface area contributed by atoms with Crippen LogP contribution in [-0.2, 0) is 11.3 Å². The molecule has 0 spiro atoms. The highest BCUT2D eigenvalue weighted by Gasteiger charge is 2.35. The predicted octanol–water partition coefficient (Wildman–Crippen LogP) is 4.59. The minimum atomic E-state index is -0.768. The Morgan fingerprint density at radius 3 is 2.60 bits per heavy atom. The Morgan fingerprint density at radius 2 is 1.88 bits per heavy atom. The van der Waals surface area contributed by atoms with Gasteiger partial charge in [0.25, 0.3) is 5.91 Å². The van der Waals surface area contributed by atoms with E-state index < -0.39 is 6.23 Å². The lowest BCUT2D eigenvalue weighted by Gasteiger charge is -2.37. The largest absolute Gasteiger partial charge is 0.497 e. The van der Waals surface area contributed by atoms with Gasteiger partial charge in [0.05, 0.1) is 32.9 Å². The molecule has 2 amide bonds. The number of hydrogen-bond acceptors (Lipinski definition) is 9. The van der Waals surface area contributed by atoms with Crippen LogP contribution in [0.4, 0.5) is 5.00 Å². The molecule has 42 heavy (non-hydrogen) atoms. The quantitative estimate of drug-likeness (QED) is 0.196. The lowest BCUT2D eigenvalue weighted by molar-refractivity contribution is -0.117. The molecular formula is C31H33N5O4S2. The lowest BCUT2D eigenvalue weighted by Crippen LogP contribution is -2.48. The standard InChI is InChI=1S/C31H33N5O4S2/c1-40-23-10-8-21(9-11-23)28(37)33-15-19-4-6-20(7-5-19)26-16-34-30(42-26)22-17-36(18-22)31(39)25-12-13-27(41-25)35-29(38)24-3-2-14-32-24/h4-13,16,22,24,28,32-33,37H,2-3,14-15,17-18H2,1H3,(H,35,38)/t24-,28?/m0/s1. The Hall–Kier alpha value is -3.61. The van der Waals surface area contributed by atoms with E-state index in [9.17, 15) is 14.7 Å². The Labute approximate surface area is 252 Å². The molecule has 2 aliphatic rings. The fourth-order valence-corrected chi connectivity index (χ4v) is 6.99. The monoisotopic (exact) mass is 603 g/mol. The number of benzene rings is 2. The van der Waals surface area contributed by atoms with Crippen molar-refractivity contribution in [2.45, 2.75) is 37.6 Å². The number of aliphatic hydroxyl groups excluding tert-OH is 1. The third kappa shape index (κ3) is 6.40. The zero-order valence-electron chi connectivity index (χ0n) is 23.2. The highest BCUT2D eigenvalue weighted by molar-refractivity contribution is 7.18. The van der Waals surface area contributed by atoms with Crippen LogP contribution < -0.4 is 20.7 Å². The second kappa shape index (κ2) is 12.7. The minimum absolute atomic E-state index is 0.00572. The van der Waals surface area contributed by atoms with Crippen molar-refractivity contribution < 1.29 is 19.4 Å². The van der Waals surface area contributed by atoms with E-state index in [-0.39, 0.29) is 23.8 Å². The SMILES string of the molecule is COc1ccc(C(O)NCc2ccc(-c3cnc(C4CN(C(=O)c5ccc(NC(=O)[C@@H]6CCCN6)s5)C4)s3)cc2)cc1. The molecule has 2 fully saturated rings. The average molecular weight is 604 g/mol. The molecular weight excluding hydrogens is 571 g/mol. The molecule has 0 radical (unpaired) electrons. The summed E-state index contributed by atoms with van der Waals surface area (Å²) >= 11 is 2.98. The summed E-state index contributed by atoms with van der Waals surface area (Å²) in [6, 6.07) is 19.0. The van der Waals surface area contributed by atoms with E-state index >= 15 is 0 Å². The van der Waals surface area contributed by atoms with Crippen LogP contribution in [0.1, 0.15) is 50.8 Å². The number of anilines is 1. The average Bonchev–Trinajstić information content (AvgIpc) is 3.78. The second-order valence-electron chi connectivity index (χ2n) is 10.5. The van der Waals surface area contributed by atoms with Crippen molar-refractivity contribution >= 4 is 39.5 Å². The van der Waals surface area contributed by atoms with E-state index in [0.29, 0.717) is 29.5 Å². The number of hydrogen-bond donors (Lipinski definition) is 4. The molecule has 6 rings (SSSR count). The summed E-state index contributed by atoms with van der Waals surface area (Å²) in [5.41, 5.74) is 2.93. The first-order valence-electron chi connectivity index (χ1n) is 14.0. The second-order valence-corrected chi connectivity index (χ2v) is 12.7. The normalized spacial score (nSPS) is 17.6. The Bertz CT molecular complexity index is 1520. The highest BCUT2D eigenvalue weighted by atomic mass is 32.1. The van der Waals surface area contributed by atoms with E-state index in [2.05, 4.69) is 33.1 Å². The summed E-state index contributed by atoms with van der Waals surface area (Å²) in [6.07, 6.45) is 2.98. The number of aromatic nitrogens is 1. The van der Waals surface area contributed by atoms with Crippen molar-refractivity contribution in [1.29, 1.82) is 0 Å². The van der Waals surface area contributed by atoms with Gasteiger partial charge < -0.3 is 25.4 Å². The molecule has 4 aromatic rings. The Morgan fingerprint density at radius 1 is 1.10 bits per heavy atom. The number of likely N-dealkylation sites (tertiary alicyclic amines) is 1. The van der Waals surface area contributed by atoms with Gasteiger partial charge in [0.1, 0.15) is 12.0 Å². The molecule has 2 aliphatic heterocycles. The van der Waals surface area contributed by atoms with Gasteiger partial charge in [0, 0.05) is 31.7 Å². The predicted molar refractivity (Wildman–Crippen MR) is 165 cm³/mol. The first-order chi connectivity index (χ1) is 20.5. The van der Waals surface area contributed by atoms with E-state index in [0.717, 1.165) is 51.7 Å². The number of thiazole rings is 1. The van der Waals surface area contributed by atoms with Gasteiger partial charge in [0.2, 0.25) is 5.91 Å². The van der Waals surface area contributed by atoms with Gasteiger partial charge in [-0.05, 0) is 60.3 Å². The zero-order valence-corrected chi connectivity index (χ0v) is 24.8. The molecule has 1 unspecified atom stereocenters. The number of nitrogens with one attached hydrogen (secondary N) is 3. The molecule has 4 heterocycles. The molecule has 0 saturated carbocycles. The maximum absolute atomic E-state index is 13.0. The van der Waals surface area contributed by atoms with Crippen LogP contribution in [0.3, 0.4) is 0 Å². The smallest absolute Gasteiger partial charge is 0.264 e. The molecule has 11 heteroatoms. The van der Waals surface area contributed by atoms with Gasteiger partial charge in [-0.25, -0.2) is 4.98 Å². The topological polar surface area (TPSA) is 116 Å². The minimum Gasteiger partial charge on any atom is -0.497 e. The third-order valence-corrected chi connectivity index (χ3v) is 9.85. The number of amides is 2. The molecule has 218 valence electrons. The number of carbonyl (C=O) groups excluding carboxylic acids is 2. The summed E-state index contributed by atoms with van der Waals surface area (Å²) in [7, 11) is 1.62. The van der Waals surface area contributed by atoms with Crippen LogP contribution in [0.25, 0.3) is 10.4 Å². The van der Waals surface area contributed by atoms with Crippen LogP contribution in [0.15, 0.2) is 66.9 Å². The van der Waals surface area contributed by atoms with Gasteiger partial charge in [0.15, 0.2) is 0 Å². The molecule has 2 aromatic carbocycles. The van der Waals surface area contributed by atoms with Crippen LogP contribution in [0.5, 0.6) is 5.75 Å². The van der Waals surface area contributed by atoms with Gasteiger partial charge in [-0.15, -0.1) is 22.7 Å². The summed E-state index contributed by atoms with van der Waals surface area (Å²) in [4.78, 5) is 33.6. The summed E-state index contributed by atoms with van der Waals surface area (Å²) in [5.74, 6) is 0.937. The van der Waals surface area contributed by atoms with E-state index in [1.54, 1.807) is 30.6 Å². The number of thiophene rings is 1. The molecule has 2 aromatic heterocycles. The maximum Gasteiger partial charge on any atom is 0.264 e. The number of ether oxygens (including phenoxy) is 1. The number of aliphatic hydroxyl groups is 1. The number of rotatable bonds is 10. The number of carbonyl (C=O) groups is 2. The van der Waals surface area contributed by atoms with Crippen molar-refractivity contribution in [3.63, 3.8) is 0 Å². The molecule has 0 aliphatic carbocycles. The first-order valence-corrected chi connectivity index (χ1v) is 15.6. The van der Waals surface area contributed by atoms with Gasteiger partial charge in [-0.1, -0.05) is 36.4 Å². The Kier molecular flexibility index (Phi) is 8.63. The van der Waals surface area contributed by atoms with Crippen molar-refractivity contribution in [2.75, 3.05) is 32.1 Å². The summed E-state index contributed by atoms with van der Waals surface area (Å²) < 4.78 is 5.17. The van der Waals surface area contributed by atoms with E-state index in [4.69, 9.17) is 4.74 Å². The van der Waals surface area contributed by atoms with Crippen LogP contribution in [0.2, 0.25) is 0 Å². The van der Waals surface area contributed by atoms with E-state index in [1.807, 2.05) is 47.5 Å². The summed E-state index contributed by atoms with van der Waals surface area (Å²) in [5, 5.41) is 21.5. The summed E-state index contributed by atoms with van der Waals surface area (Å²) in [6.45, 7) is 2.67. The van der Waals surface area contributed by atoms with Crippen molar-refractivity contribution in [2.24, 2.45) is 0 Å². The van der Waals surface area contributed by atoms with Crippen molar-refractivity contribution in [3.8, 4) is 16.2 Å². The number of nitrogens with zero attached hydrogens (tertiary/aromatic N) is 2. The molecule has 2 atom stereocenters.